The van der Waals surface area contributed by atoms with Crippen molar-refractivity contribution >= 4 is 11.9 Å². The second-order valence-corrected chi connectivity index (χ2v) is 6.00. The van der Waals surface area contributed by atoms with Crippen molar-refractivity contribution in [2.45, 2.75) is 25.9 Å². The number of esters is 1. The molecule has 0 bridgehead atoms. The molecule has 8 heteroatoms. The molecule has 0 radical (unpaired) electrons. The van der Waals surface area contributed by atoms with E-state index >= 15 is 0 Å². The van der Waals surface area contributed by atoms with E-state index in [1.807, 2.05) is 0 Å². The molecule has 2 aromatic rings. The Balaban J connectivity index is 1.61. The Kier molecular flexibility index (Phi) is 5.08. The van der Waals surface area contributed by atoms with E-state index in [0.717, 1.165) is 25.1 Å². The van der Waals surface area contributed by atoms with Crippen molar-refractivity contribution in [3.05, 3.63) is 35.7 Å². The molecule has 0 aliphatic carbocycles. The number of aromatic nitrogens is 2. The quantitative estimate of drug-likeness (QED) is 0.815. The van der Waals surface area contributed by atoms with E-state index in [4.69, 9.17) is 4.52 Å². The molecule has 8 nitrogen and oxygen atoms in total. The van der Waals surface area contributed by atoms with Crippen LogP contribution in [0.25, 0.3) is 11.4 Å². The maximum atomic E-state index is 11.4. The molecule has 1 atom stereocenters. The van der Waals surface area contributed by atoms with Gasteiger partial charge in [0.25, 0.3) is 0 Å². The number of amides is 1. The summed E-state index contributed by atoms with van der Waals surface area (Å²) in [6.07, 6.45) is 0.912. The number of nitrogens with one attached hydrogen (secondary N) is 1. The molecule has 25 heavy (non-hydrogen) atoms. The average molecular weight is 344 g/mol. The minimum absolute atomic E-state index is 0.0117. The lowest BCUT2D eigenvalue weighted by molar-refractivity contribution is -0.119. The molecule has 2 heterocycles. The molecule has 1 aliphatic heterocycles. The van der Waals surface area contributed by atoms with Gasteiger partial charge >= 0.3 is 5.97 Å². The first-order valence-electron chi connectivity index (χ1n) is 8.06. The Morgan fingerprint density at radius 1 is 1.36 bits per heavy atom. The summed E-state index contributed by atoms with van der Waals surface area (Å²) >= 11 is 0. The number of methoxy groups -OCH3 is 1. The first kappa shape index (κ1) is 17.1. The van der Waals surface area contributed by atoms with Crippen LogP contribution in [0.5, 0.6) is 0 Å². The van der Waals surface area contributed by atoms with Crippen LogP contribution in [0.1, 0.15) is 29.6 Å². The van der Waals surface area contributed by atoms with Crippen LogP contribution in [0.4, 0.5) is 0 Å². The fraction of sp³-hybridized carbons (Fsp3) is 0.412. The maximum absolute atomic E-state index is 11.4. The van der Waals surface area contributed by atoms with Crippen LogP contribution in [0.15, 0.2) is 28.8 Å². The standard InChI is InChI=1S/C17H20N4O4/c1-11(22)18-14-7-8-21(9-14)10-15-19-16(20-25-15)12-3-5-13(6-4-12)17(23)24-2/h3-6,14H,7-10H2,1-2H3,(H,18,22)/t14-/m1/s1. The van der Waals surface area contributed by atoms with Crippen LogP contribution >= 0.6 is 0 Å². The second-order valence-electron chi connectivity index (χ2n) is 6.00. The molecule has 1 aromatic carbocycles. The monoisotopic (exact) mass is 344 g/mol. The van der Waals surface area contributed by atoms with E-state index in [-0.39, 0.29) is 17.9 Å². The largest absolute Gasteiger partial charge is 0.465 e. The number of rotatable bonds is 5. The van der Waals surface area contributed by atoms with Crippen molar-refractivity contribution in [1.29, 1.82) is 0 Å². The van der Waals surface area contributed by atoms with E-state index in [0.29, 0.717) is 23.8 Å². The number of carbonyl (C=O) groups is 2. The summed E-state index contributed by atoms with van der Waals surface area (Å²) in [7, 11) is 1.34. The summed E-state index contributed by atoms with van der Waals surface area (Å²) < 4.78 is 9.99. The number of carbonyl (C=O) groups excluding carboxylic acids is 2. The molecule has 1 N–H and O–H groups in total. The van der Waals surface area contributed by atoms with Gasteiger partial charge in [-0.2, -0.15) is 4.98 Å². The van der Waals surface area contributed by atoms with Gasteiger partial charge in [0, 0.05) is 31.6 Å². The average Bonchev–Trinajstić information content (AvgIpc) is 3.24. The molecule has 0 saturated carbocycles. The Morgan fingerprint density at radius 2 is 2.12 bits per heavy atom. The second kappa shape index (κ2) is 7.43. The van der Waals surface area contributed by atoms with E-state index in [2.05, 4.69) is 25.1 Å². The van der Waals surface area contributed by atoms with Crippen LogP contribution in [0, 0.1) is 0 Å². The van der Waals surface area contributed by atoms with Crippen LogP contribution in [0.3, 0.4) is 0 Å². The molecule has 1 aliphatic rings. The Hall–Kier alpha value is -2.74. The van der Waals surface area contributed by atoms with Crippen molar-refractivity contribution in [2.24, 2.45) is 0 Å². The van der Waals surface area contributed by atoms with Gasteiger partial charge in [0.15, 0.2) is 0 Å². The van der Waals surface area contributed by atoms with E-state index in [1.54, 1.807) is 24.3 Å². The third kappa shape index (κ3) is 4.21. The van der Waals surface area contributed by atoms with Gasteiger partial charge in [-0.1, -0.05) is 17.3 Å². The highest BCUT2D eigenvalue weighted by atomic mass is 16.5. The van der Waals surface area contributed by atoms with Gasteiger partial charge in [-0.05, 0) is 18.6 Å². The summed E-state index contributed by atoms with van der Waals surface area (Å²) in [5.74, 6) is 0.602. The van der Waals surface area contributed by atoms with Crippen molar-refractivity contribution in [2.75, 3.05) is 20.2 Å². The van der Waals surface area contributed by atoms with Gasteiger partial charge in [-0.3, -0.25) is 9.69 Å². The summed E-state index contributed by atoms with van der Waals surface area (Å²) in [5.41, 5.74) is 1.23. The Bertz CT molecular complexity index is 756. The predicted octanol–water partition coefficient (Wildman–Crippen LogP) is 1.23. The van der Waals surface area contributed by atoms with E-state index in [9.17, 15) is 9.59 Å². The number of likely N-dealkylation sites (tertiary alicyclic amines) is 1. The van der Waals surface area contributed by atoms with E-state index in [1.165, 1.54) is 14.0 Å². The fourth-order valence-corrected chi connectivity index (χ4v) is 2.88. The van der Waals surface area contributed by atoms with Gasteiger partial charge in [0.2, 0.25) is 17.6 Å². The van der Waals surface area contributed by atoms with Gasteiger partial charge in [-0.15, -0.1) is 0 Å². The highest BCUT2D eigenvalue weighted by molar-refractivity contribution is 5.89. The van der Waals surface area contributed by atoms with E-state index < -0.39 is 0 Å². The number of benzene rings is 1. The summed E-state index contributed by atoms with van der Waals surface area (Å²) in [6.45, 7) is 3.71. The van der Waals surface area contributed by atoms with Crippen LogP contribution < -0.4 is 5.32 Å². The fourth-order valence-electron chi connectivity index (χ4n) is 2.88. The highest BCUT2D eigenvalue weighted by Crippen LogP contribution is 2.19. The Labute approximate surface area is 145 Å². The smallest absolute Gasteiger partial charge is 0.337 e. The van der Waals surface area contributed by atoms with Crippen LogP contribution in [-0.4, -0.2) is 53.2 Å². The molecule has 1 amide bonds. The minimum atomic E-state index is -0.386. The van der Waals surface area contributed by atoms with Gasteiger partial charge in [0.1, 0.15) is 0 Å². The first-order chi connectivity index (χ1) is 12.0. The zero-order chi connectivity index (χ0) is 17.8. The third-order valence-corrected chi connectivity index (χ3v) is 4.07. The topological polar surface area (TPSA) is 97.6 Å². The molecule has 132 valence electrons. The SMILES string of the molecule is COC(=O)c1ccc(-c2noc(CN3CC[C@@H](NC(C)=O)C3)n2)cc1. The zero-order valence-electron chi connectivity index (χ0n) is 14.2. The molecule has 1 aromatic heterocycles. The number of nitrogens with zero attached hydrogens (tertiary/aromatic N) is 3. The van der Waals surface area contributed by atoms with Gasteiger partial charge in [0.05, 0.1) is 19.2 Å². The molecule has 3 rings (SSSR count). The predicted molar refractivity (Wildman–Crippen MR) is 88.6 cm³/mol. The summed E-state index contributed by atoms with van der Waals surface area (Å²) in [6, 6.07) is 7.00. The highest BCUT2D eigenvalue weighted by Gasteiger charge is 2.24. The maximum Gasteiger partial charge on any atom is 0.337 e. The summed E-state index contributed by atoms with van der Waals surface area (Å²) in [5, 5.41) is 6.91. The number of hydrogen-bond donors (Lipinski definition) is 1. The van der Waals surface area contributed by atoms with Crippen molar-refractivity contribution < 1.29 is 18.8 Å². The lowest BCUT2D eigenvalue weighted by Crippen LogP contribution is -2.35. The zero-order valence-corrected chi connectivity index (χ0v) is 14.2. The molecular formula is C17H20N4O4. The van der Waals surface area contributed by atoms with Crippen LogP contribution in [-0.2, 0) is 16.1 Å². The lowest BCUT2D eigenvalue weighted by Gasteiger charge is -2.13. The lowest BCUT2D eigenvalue weighted by atomic mass is 10.1. The van der Waals surface area contributed by atoms with Gasteiger partial charge < -0.3 is 14.6 Å². The van der Waals surface area contributed by atoms with Crippen molar-refractivity contribution in [1.82, 2.24) is 20.4 Å². The van der Waals surface area contributed by atoms with Crippen LogP contribution in [0.2, 0.25) is 0 Å². The Morgan fingerprint density at radius 3 is 2.80 bits per heavy atom. The molecule has 0 spiro atoms. The normalized spacial score (nSPS) is 17.4. The molecule has 0 unspecified atom stereocenters. The molecule has 1 fully saturated rings. The molecular weight excluding hydrogens is 324 g/mol. The van der Waals surface area contributed by atoms with Crippen molar-refractivity contribution in [3.8, 4) is 11.4 Å². The van der Waals surface area contributed by atoms with Crippen molar-refractivity contribution in [3.63, 3.8) is 0 Å². The number of ether oxygens (including phenoxy) is 1. The molecule has 1 saturated heterocycles. The van der Waals surface area contributed by atoms with Gasteiger partial charge in [-0.25, -0.2) is 4.79 Å². The third-order valence-electron chi connectivity index (χ3n) is 4.07. The number of hydrogen-bond acceptors (Lipinski definition) is 7. The minimum Gasteiger partial charge on any atom is -0.465 e. The summed E-state index contributed by atoms with van der Waals surface area (Å²) in [4.78, 5) is 29.1. The first-order valence-corrected chi connectivity index (χ1v) is 8.06.